The summed E-state index contributed by atoms with van der Waals surface area (Å²) >= 11 is 5.36. The van der Waals surface area contributed by atoms with E-state index in [1.165, 1.54) is 12.1 Å². The van der Waals surface area contributed by atoms with Gasteiger partial charge in [0.15, 0.2) is 0 Å². The van der Waals surface area contributed by atoms with Gasteiger partial charge in [-0.25, -0.2) is 4.79 Å². The number of rotatable bonds is 6. The minimum atomic E-state index is -4.55. The normalized spacial score (nSPS) is 11.2. The predicted molar refractivity (Wildman–Crippen MR) is 68.0 cm³/mol. The van der Waals surface area contributed by atoms with Crippen LogP contribution in [0.15, 0.2) is 24.3 Å². The number of para-hydroxylation sites is 1. The summed E-state index contributed by atoms with van der Waals surface area (Å²) in [6.45, 7) is 0.363. The highest BCUT2D eigenvalue weighted by Gasteiger charge is 2.33. The Morgan fingerprint density at radius 1 is 1.20 bits per heavy atom. The molecule has 0 fully saturated rings. The van der Waals surface area contributed by atoms with Crippen LogP contribution in [0.3, 0.4) is 0 Å². The van der Waals surface area contributed by atoms with Gasteiger partial charge in [-0.05, 0) is 12.1 Å². The van der Waals surface area contributed by atoms with E-state index in [0.29, 0.717) is 12.5 Å². The van der Waals surface area contributed by atoms with Gasteiger partial charge < -0.3 is 9.47 Å². The molecule has 1 aromatic rings. The highest BCUT2D eigenvalue weighted by Crippen LogP contribution is 2.34. The van der Waals surface area contributed by atoms with Gasteiger partial charge in [-0.15, -0.1) is 11.6 Å². The van der Waals surface area contributed by atoms with Gasteiger partial charge in [0.1, 0.15) is 6.61 Å². The highest BCUT2D eigenvalue weighted by molar-refractivity contribution is 6.17. The number of hydrogen-bond acceptors (Lipinski definition) is 3. The van der Waals surface area contributed by atoms with Gasteiger partial charge in [0.25, 0.3) is 0 Å². The third kappa shape index (κ3) is 5.66. The third-order valence-corrected chi connectivity index (χ3v) is 2.31. The molecule has 1 aromatic carbocycles. The summed E-state index contributed by atoms with van der Waals surface area (Å²) in [4.78, 5) is 11.3. The number of alkyl halides is 4. The molecule has 0 unspecified atom stereocenters. The van der Waals surface area contributed by atoms with Gasteiger partial charge in [-0.1, -0.05) is 12.1 Å². The number of ether oxygens (including phenoxy) is 2. The molecule has 0 saturated heterocycles. The van der Waals surface area contributed by atoms with E-state index in [1.807, 2.05) is 5.32 Å². The predicted octanol–water partition coefficient (Wildman–Crippen LogP) is 3.51. The summed E-state index contributed by atoms with van der Waals surface area (Å²) in [6.07, 6.45) is -5.52. The van der Waals surface area contributed by atoms with Crippen molar-refractivity contribution in [2.75, 3.05) is 31.0 Å². The van der Waals surface area contributed by atoms with Crippen molar-refractivity contribution in [1.29, 1.82) is 0 Å². The molecule has 1 amide bonds. The van der Waals surface area contributed by atoms with Crippen LogP contribution >= 0.6 is 11.6 Å². The van der Waals surface area contributed by atoms with Crippen molar-refractivity contribution in [2.24, 2.45) is 0 Å². The molecule has 8 heteroatoms. The standard InChI is InChI=1S/C12H13ClF3NO3/c13-5-6-19-7-8-20-11(18)17-10-4-2-1-3-9(10)12(14,15)16/h1-4H,5-8H2,(H,17,18). The molecule has 4 nitrogen and oxygen atoms in total. The Morgan fingerprint density at radius 2 is 1.90 bits per heavy atom. The molecule has 0 radical (unpaired) electrons. The van der Waals surface area contributed by atoms with E-state index in [9.17, 15) is 18.0 Å². The van der Waals surface area contributed by atoms with Gasteiger partial charge in [0.2, 0.25) is 0 Å². The number of nitrogens with one attached hydrogen (secondary N) is 1. The van der Waals surface area contributed by atoms with Crippen LogP contribution in [0.5, 0.6) is 0 Å². The van der Waals surface area contributed by atoms with Crippen molar-refractivity contribution in [2.45, 2.75) is 6.18 Å². The summed E-state index contributed by atoms with van der Waals surface area (Å²) in [5.41, 5.74) is -1.29. The lowest BCUT2D eigenvalue weighted by Gasteiger charge is -2.13. The molecule has 0 aliphatic heterocycles. The molecule has 0 aliphatic carbocycles. The van der Waals surface area contributed by atoms with Crippen LogP contribution in [0.4, 0.5) is 23.7 Å². The van der Waals surface area contributed by atoms with E-state index in [0.717, 1.165) is 12.1 Å². The maximum absolute atomic E-state index is 12.7. The Kier molecular flexibility index (Phi) is 6.60. The lowest BCUT2D eigenvalue weighted by Crippen LogP contribution is -2.19. The molecule has 0 bridgehead atoms. The fourth-order valence-electron chi connectivity index (χ4n) is 1.34. The highest BCUT2D eigenvalue weighted by atomic mass is 35.5. The number of benzene rings is 1. The van der Waals surface area contributed by atoms with Crippen LogP contribution in [0, 0.1) is 0 Å². The molecule has 1 N–H and O–H groups in total. The number of anilines is 1. The van der Waals surface area contributed by atoms with Crippen molar-refractivity contribution in [3.8, 4) is 0 Å². The molecule has 1 rings (SSSR count). The summed E-state index contributed by atoms with van der Waals surface area (Å²) < 4.78 is 47.6. The van der Waals surface area contributed by atoms with E-state index in [2.05, 4.69) is 4.74 Å². The molecule has 112 valence electrons. The minimum Gasteiger partial charge on any atom is -0.447 e. The van der Waals surface area contributed by atoms with Crippen molar-refractivity contribution < 1.29 is 27.4 Å². The first-order valence-electron chi connectivity index (χ1n) is 5.69. The number of amides is 1. The van der Waals surface area contributed by atoms with Crippen molar-refractivity contribution in [1.82, 2.24) is 0 Å². The number of hydrogen-bond donors (Lipinski definition) is 1. The summed E-state index contributed by atoms with van der Waals surface area (Å²) in [5, 5.41) is 2.05. The van der Waals surface area contributed by atoms with Crippen LogP contribution in [-0.2, 0) is 15.7 Å². The average molecular weight is 312 g/mol. The van der Waals surface area contributed by atoms with Crippen molar-refractivity contribution >= 4 is 23.4 Å². The van der Waals surface area contributed by atoms with Gasteiger partial charge >= 0.3 is 12.3 Å². The van der Waals surface area contributed by atoms with Crippen LogP contribution in [0.2, 0.25) is 0 Å². The fourth-order valence-corrected chi connectivity index (χ4v) is 1.44. The molecular formula is C12H13ClF3NO3. The van der Waals surface area contributed by atoms with Gasteiger partial charge in [0, 0.05) is 5.88 Å². The van der Waals surface area contributed by atoms with Crippen LogP contribution in [0.1, 0.15) is 5.56 Å². The van der Waals surface area contributed by atoms with Crippen LogP contribution in [0.25, 0.3) is 0 Å². The molecule has 0 aromatic heterocycles. The largest absolute Gasteiger partial charge is 0.447 e. The van der Waals surface area contributed by atoms with Crippen LogP contribution < -0.4 is 5.32 Å². The third-order valence-electron chi connectivity index (χ3n) is 2.15. The Hall–Kier alpha value is -1.47. The number of halogens is 4. The zero-order valence-electron chi connectivity index (χ0n) is 10.4. The lowest BCUT2D eigenvalue weighted by atomic mass is 10.2. The zero-order chi connectivity index (χ0) is 15.0. The number of carbonyl (C=O) groups is 1. The maximum atomic E-state index is 12.7. The topological polar surface area (TPSA) is 47.6 Å². The first kappa shape index (κ1) is 16.6. The first-order chi connectivity index (χ1) is 9.45. The Labute approximate surface area is 118 Å². The molecule has 20 heavy (non-hydrogen) atoms. The second kappa shape index (κ2) is 7.96. The molecule has 0 saturated carbocycles. The average Bonchev–Trinajstić information content (AvgIpc) is 2.38. The lowest BCUT2D eigenvalue weighted by molar-refractivity contribution is -0.136. The number of carbonyl (C=O) groups excluding carboxylic acids is 1. The van der Waals surface area contributed by atoms with E-state index in [4.69, 9.17) is 16.3 Å². The summed E-state index contributed by atoms with van der Waals surface area (Å²) in [5.74, 6) is 0.311. The monoisotopic (exact) mass is 311 g/mol. The summed E-state index contributed by atoms with van der Waals surface area (Å²) in [6, 6.07) is 4.64. The smallest absolute Gasteiger partial charge is 0.418 e. The van der Waals surface area contributed by atoms with Gasteiger partial charge in [0.05, 0.1) is 24.5 Å². The van der Waals surface area contributed by atoms with E-state index in [-0.39, 0.29) is 18.9 Å². The van der Waals surface area contributed by atoms with Crippen molar-refractivity contribution in [3.63, 3.8) is 0 Å². The second-order valence-electron chi connectivity index (χ2n) is 3.61. The maximum Gasteiger partial charge on any atom is 0.418 e. The SMILES string of the molecule is O=C(Nc1ccccc1C(F)(F)F)OCCOCCCl. The molecule has 0 spiro atoms. The quantitative estimate of drug-likeness (QED) is 0.646. The Balaban J connectivity index is 2.50. The Morgan fingerprint density at radius 3 is 2.55 bits per heavy atom. The molecular weight excluding hydrogens is 299 g/mol. The van der Waals surface area contributed by atoms with Crippen LogP contribution in [-0.4, -0.2) is 31.8 Å². The Bertz CT molecular complexity index is 440. The first-order valence-corrected chi connectivity index (χ1v) is 6.22. The molecule has 0 atom stereocenters. The zero-order valence-corrected chi connectivity index (χ0v) is 11.1. The second-order valence-corrected chi connectivity index (χ2v) is 3.98. The molecule has 0 aliphatic rings. The van der Waals surface area contributed by atoms with Crippen molar-refractivity contribution in [3.05, 3.63) is 29.8 Å². The van der Waals surface area contributed by atoms with E-state index < -0.39 is 17.8 Å². The fraction of sp³-hybridized carbons (Fsp3) is 0.417. The molecule has 0 heterocycles. The van der Waals surface area contributed by atoms with Gasteiger partial charge in [-0.2, -0.15) is 13.2 Å². The van der Waals surface area contributed by atoms with E-state index >= 15 is 0 Å². The summed E-state index contributed by atoms with van der Waals surface area (Å²) in [7, 11) is 0. The van der Waals surface area contributed by atoms with E-state index in [1.54, 1.807) is 0 Å². The minimum absolute atomic E-state index is 0.0725. The van der Waals surface area contributed by atoms with Gasteiger partial charge in [-0.3, -0.25) is 5.32 Å².